The zero-order valence-corrected chi connectivity index (χ0v) is 25.6. The first kappa shape index (κ1) is 31.5. The Bertz CT molecular complexity index is 1460. The van der Waals surface area contributed by atoms with E-state index in [1.807, 2.05) is 33.8 Å². The van der Waals surface area contributed by atoms with Crippen LogP contribution in [0.15, 0.2) is 71.6 Å². The van der Waals surface area contributed by atoms with E-state index in [1.54, 1.807) is 55.5 Å². The van der Waals surface area contributed by atoms with Crippen LogP contribution in [0.2, 0.25) is 10.0 Å². The molecule has 2 amide bonds. The van der Waals surface area contributed by atoms with E-state index in [9.17, 15) is 18.0 Å². The monoisotopic (exact) mass is 603 g/mol. The van der Waals surface area contributed by atoms with Crippen LogP contribution < -0.4 is 9.62 Å². The first-order chi connectivity index (χ1) is 18.8. The molecule has 7 nitrogen and oxygen atoms in total. The van der Waals surface area contributed by atoms with Gasteiger partial charge in [0.05, 0.1) is 20.6 Å². The molecule has 0 aliphatic carbocycles. The van der Waals surface area contributed by atoms with Gasteiger partial charge in [-0.2, -0.15) is 0 Å². The highest BCUT2D eigenvalue weighted by molar-refractivity contribution is 7.92. The summed E-state index contributed by atoms with van der Waals surface area (Å²) < 4.78 is 28.8. The third-order valence-corrected chi connectivity index (χ3v) is 9.10. The Morgan fingerprint density at radius 1 is 0.875 bits per heavy atom. The maximum Gasteiger partial charge on any atom is 0.264 e. The van der Waals surface area contributed by atoms with Crippen LogP contribution in [0.4, 0.5) is 5.69 Å². The van der Waals surface area contributed by atoms with Gasteiger partial charge in [0.1, 0.15) is 12.6 Å². The van der Waals surface area contributed by atoms with E-state index in [0.717, 1.165) is 15.4 Å². The number of rotatable bonds is 11. The van der Waals surface area contributed by atoms with Crippen LogP contribution >= 0.6 is 23.2 Å². The van der Waals surface area contributed by atoms with Crippen molar-refractivity contribution in [2.75, 3.05) is 17.4 Å². The van der Waals surface area contributed by atoms with Crippen molar-refractivity contribution in [2.45, 2.75) is 52.1 Å². The van der Waals surface area contributed by atoms with Crippen molar-refractivity contribution in [1.29, 1.82) is 0 Å². The molecular weight excluding hydrogens is 569 g/mol. The number of carbonyl (C=O) groups is 2. The number of benzene rings is 3. The normalized spacial score (nSPS) is 12.2. The molecule has 0 aliphatic heterocycles. The molecule has 40 heavy (non-hydrogen) atoms. The lowest BCUT2D eigenvalue weighted by Crippen LogP contribution is -2.51. The highest BCUT2D eigenvalue weighted by atomic mass is 35.5. The van der Waals surface area contributed by atoms with Crippen molar-refractivity contribution in [3.05, 3.63) is 93.5 Å². The lowest BCUT2D eigenvalue weighted by molar-refractivity contribution is -0.139. The fourth-order valence-corrected chi connectivity index (χ4v) is 5.75. The molecule has 0 saturated carbocycles. The molecule has 0 spiro atoms. The number of hydrogen-bond acceptors (Lipinski definition) is 4. The van der Waals surface area contributed by atoms with Crippen LogP contribution in [0.3, 0.4) is 0 Å². The molecule has 0 aliphatic rings. The maximum absolute atomic E-state index is 14.0. The molecule has 0 saturated heterocycles. The van der Waals surface area contributed by atoms with E-state index >= 15 is 0 Å². The molecule has 0 radical (unpaired) electrons. The van der Waals surface area contributed by atoms with Gasteiger partial charge in [-0.25, -0.2) is 8.42 Å². The van der Waals surface area contributed by atoms with Crippen molar-refractivity contribution in [1.82, 2.24) is 10.2 Å². The van der Waals surface area contributed by atoms with Gasteiger partial charge in [-0.3, -0.25) is 13.9 Å². The minimum atomic E-state index is -4.12. The number of amides is 2. The predicted octanol–water partition coefficient (Wildman–Crippen LogP) is 6.00. The standard InChI is InChI=1S/C30H35Cl2N3O4S/c1-20(2)17-33-30(37)23(5)34(18-24-12-14-27(31)28(32)16-24)29(36)19-35(25-13-11-21(3)22(4)15-25)40(38,39)26-9-7-6-8-10-26/h6-16,20,23H,17-19H2,1-5H3,(H,33,37)/t23-/m1/s1. The van der Waals surface area contributed by atoms with Crippen molar-refractivity contribution < 1.29 is 18.0 Å². The third-order valence-electron chi connectivity index (χ3n) is 6.58. The second kappa shape index (κ2) is 13.5. The van der Waals surface area contributed by atoms with Gasteiger partial charge < -0.3 is 10.2 Å². The number of hydrogen-bond donors (Lipinski definition) is 1. The molecule has 3 aromatic carbocycles. The predicted molar refractivity (Wildman–Crippen MR) is 161 cm³/mol. The minimum absolute atomic E-state index is 0.0259. The number of nitrogens with one attached hydrogen (secondary N) is 1. The molecule has 0 bridgehead atoms. The molecule has 1 atom stereocenters. The van der Waals surface area contributed by atoms with E-state index in [-0.39, 0.29) is 23.3 Å². The first-order valence-electron chi connectivity index (χ1n) is 13.0. The van der Waals surface area contributed by atoms with Gasteiger partial charge in [-0.1, -0.05) is 67.4 Å². The Morgan fingerprint density at radius 2 is 1.55 bits per heavy atom. The summed E-state index contributed by atoms with van der Waals surface area (Å²) in [6.07, 6.45) is 0. The number of anilines is 1. The summed E-state index contributed by atoms with van der Waals surface area (Å²) in [7, 11) is -4.12. The van der Waals surface area contributed by atoms with Gasteiger partial charge in [-0.05, 0) is 79.8 Å². The number of nitrogens with zero attached hydrogens (tertiary/aromatic N) is 2. The zero-order chi connectivity index (χ0) is 29.6. The Balaban J connectivity index is 2.04. The molecule has 3 aromatic rings. The smallest absolute Gasteiger partial charge is 0.264 e. The largest absolute Gasteiger partial charge is 0.354 e. The molecular formula is C30H35Cl2N3O4S. The summed E-state index contributed by atoms with van der Waals surface area (Å²) in [5.74, 6) is -0.673. The van der Waals surface area contributed by atoms with Gasteiger partial charge in [0, 0.05) is 13.1 Å². The van der Waals surface area contributed by atoms with Crippen LogP contribution in [0.1, 0.15) is 37.5 Å². The first-order valence-corrected chi connectivity index (χ1v) is 15.2. The summed E-state index contributed by atoms with van der Waals surface area (Å²) >= 11 is 12.3. The summed E-state index contributed by atoms with van der Waals surface area (Å²) in [5, 5.41) is 3.54. The van der Waals surface area contributed by atoms with Crippen molar-refractivity contribution in [3.8, 4) is 0 Å². The van der Waals surface area contributed by atoms with E-state index in [0.29, 0.717) is 27.8 Å². The topological polar surface area (TPSA) is 86.8 Å². The van der Waals surface area contributed by atoms with Gasteiger partial charge in [-0.15, -0.1) is 0 Å². The molecule has 3 rings (SSSR count). The maximum atomic E-state index is 14.0. The lowest BCUT2D eigenvalue weighted by Gasteiger charge is -2.32. The highest BCUT2D eigenvalue weighted by Crippen LogP contribution is 2.27. The van der Waals surface area contributed by atoms with E-state index in [1.165, 1.54) is 17.0 Å². The minimum Gasteiger partial charge on any atom is -0.354 e. The Kier molecular flexibility index (Phi) is 10.6. The van der Waals surface area contributed by atoms with Crippen LogP contribution in [0, 0.1) is 19.8 Å². The van der Waals surface area contributed by atoms with Crippen molar-refractivity contribution >= 4 is 50.7 Å². The Morgan fingerprint density at radius 3 is 2.15 bits per heavy atom. The van der Waals surface area contributed by atoms with E-state index < -0.39 is 28.5 Å². The van der Waals surface area contributed by atoms with E-state index in [4.69, 9.17) is 23.2 Å². The molecule has 214 valence electrons. The summed E-state index contributed by atoms with van der Waals surface area (Å²) in [5.41, 5.74) is 2.87. The number of carbonyl (C=O) groups excluding carboxylic acids is 2. The average Bonchev–Trinajstić information content (AvgIpc) is 2.92. The molecule has 0 aromatic heterocycles. The average molecular weight is 605 g/mol. The highest BCUT2D eigenvalue weighted by Gasteiger charge is 2.32. The van der Waals surface area contributed by atoms with Gasteiger partial charge in [0.15, 0.2) is 0 Å². The van der Waals surface area contributed by atoms with Crippen LogP contribution in [0.25, 0.3) is 0 Å². The second-order valence-corrected chi connectivity index (χ2v) is 12.9. The third kappa shape index (κ3) is 7.77. The molecule has 0 fully saturated rings. The molecule has 0 unspecified atom stereocenters. The number of aryl methyl sites for hydroxylation is 2. The fraction of sp³-hybridized carbons (Fsp3) is 0.333. The van der Waals surface area contributed by atoms with Crippen LogP contribution in [-0.4, -0.2) is 44.3 Å². The van der Waals surface area contributed by atoms with Gasteiger partial charge in [0.25, 0.3) is 10.0 Å². The van der Waals surface area contributed by atoms with Crippen LogP contribution in [0.5, 0.6) is 0 Å². The van der Waals surface area contributed by atoms with Gasteiger partial charge >= 0.3 is 0 Å². The Hall–Kier alpha value is -3.07. The quantitative estimate of drug-likeness (QED) is 0.291. The summed E-state index contributed by atoms with van der Waals surface area (Å²) in [4.78, 5) is 28.5. The van der Waals surface area contributed by atoms with Crippen molar-refractivity contribution in [2.24, 2.45) is 5.92 Å². The SMILES string of the molecule is Cc1ccc(N(CC(=O)N(Cc2ccc(Cl)c(Cl)c2)[C@H](C)C(=O)NCC(C)C)S(=O)(=O)c2ccccc2)cc1C. The molecule has 10 heteroatoms. The number of halogens is 2. The zero-order valence-electron chi connectivity index (χ0n) is 23.3. The summed E-state index contributed by atoms with van der Waals surface area (Å²) in [6, 6.07) is 17.3. The van der Waals surface area contributed by atoms with Gasteiger partial charge in [0.2, 0.25) is 11.8 Å². The van der Waals surface area contributed by atoms with Crippen LogP contribution in [-0.2, 0) is 26.2 Å². The Labute approximate surface area is 247 Å². The molecule has 1 N–H and O–H groups in total. The van der Waals surface area contributed by atoms with E-state index in [2.05, 4.69) is 5.32 Å². The molecule has 0 heterocycles. The van der Waals surface area contributed by atoms with Crippen molar-refractivity contribution in [3.63, 3.8) is 0 Å². The lowest BCUT2D eigenvalue weighted by atomic mass is 10.1. The number of sulfonamides is 1. The second-order valence-electron chi connectivity index (χ2n) is 10.2. The fourth-order valence-electron chi connectivity index (χ4n) is 4.00. The summed E-state index contributed by atoms with van der Waals surface area (Å²) in [6.45, 7) is 9.33.